The number of ether oxygens (including phenoxy) is 2. The lowest BCUT2D eigenvalue weighted by Gasteiger charge is -2.24. The average molecular weight is 312 g/mol. The molecule has 3 rings (SSSR count). The van der Waals surface area contributed by atoms with Crippen molar-refractivity contribution in [3.63, 3.8) is 0 Å². The van der Waals surface area contributed by atoms with Crippen LogP contribution < -0.4 is 15.2 Å². The Kier molecular flexibility index (Phi) is 4.55. The van der Waals surface area contributed by atoms with Crippen LogP contribution in [-0.4, -0.2) is 25.7 Å². The minimum atomic E-state index is 0.276. The van der Waals surface area contributed by atoms with E-state index in [1.165, 1.54) is 22.3 Å². The fourth-order valence-corrected chi connectivity index (χ4v) is 3.35. The molecule has 1 aliphatic heterocycles. The standard InChI is InChI=1S/C19H24N2O2/c1-13-4-6-15-12-21(17(10-20)16(15)8-13)11-14-5-7-18(22-2)19(9-14)23-3/h4-9,17H,10-12,20H2,1-3H3. The maximum Gasteiger partial charge on any atom is 0.161 e. The zero-order valence-electron chi connectivity index (χ0n) is 14.0. The summed E-state index contributed by atoms with van der Waals surface area (Å²) in [4.78, 5) is 2.42. The maximum atomic E-state index is 6.06. The number of hydrogen-bond acceptors (Lipinski definition) is 4. The minimum Gasteiger partial charge on any atom is -0.493 e. The zero-order chi connectivity index (χ0) is 16.4. The van der Waals surface area contributed by atoms with E-state index in [0.29, 0.717) is 6.54 Å². The molecule has 0 aliphatic carbocycles. The summed E-state index contributed by atoms with van der Waals surface area (Å²) in [6.07, 6.45) is 0. The van der Waals surface area contributed by atoms with E-state index in [-0.39, 0.29) is 6.04 Å². The summed E-state index contributed by atoms with van der Waals surface area (Å²) >= 11 is 0. The van der Waals surface area contributed by atoms with E-state index in [1.807, 2.05) is 12.1 Å². The molecular formula is C19H24N2O2. The molecule has 1 unspecified atom stereocenters. The summed E-state index contributed by atoms with van der Waals surface area (Å²) in [5.41, 5.74) is 11.3. The SMILES string of the molecule is COc1ccc(CN2Cc3ccc(C)cc3C2CN)cc1OC. The van der Waals surface area contributed by atoms with Crippen molar-refractivity contribution in [3.05, 3.63) is 58.7 Å². The van der Waals surface area contributed by atoms with Crippen LogP contribution in [0.2, 0.25) is 0 Å². The first-order valence-electron chi connectivity index (χ1n) is 7.90. The molecule has 4 heteroatoms. The Hall–Kier alpha value is -2.04. The van der Waals surface area contributed by atoms with Crippen LogP contribution in [0.25, 0.3) is 0 Å². The molecule has 0 aromatic heterocycles. The van der Waals surface area contributed by atoms with Gasteiger partial charge in [0.2, 0.25) is 0 Å². The molecule has 0 amide bonds. The molecule has 2 aromatic carbocycles. The molecule has 2 aromatic rings. The van der Waals surface area contributed by atoms with Crippen molar-refractivity contribution in [2.45, 2.75) is 26.1 Å². The van der Waals surface area contributed by atoms with Gasteiger partial charge in [-0.1, -0.05) is 29.8 Å². The van der Waals surface area contributed by atoms with Crippen molar-refractivity contribution in [1.82, 2.24) is 4.90 Å². The third-order valence-electron chi connectivity index (χ3n) is 4.53. The number of aryl methyl sites for hydroxylation is 1. The van der Waals surface area contributed by atoms with Crippen LogP contribution >= 0.6 is 0 Å². The Bertz CT molecular complexity index is 700. The van der Waals surface area contributed by atoms with Gasteiger partial charge in [-0.2, -0.15) is 0 Å². The molecule has 0 saturated heterocycles. The quantitative estimate of drug-likeness (QED) is 0.922. The summed E-state index contributed by atoms with van der Waals surface area (Å²) in [6.45, 7) is 4.54. The number of benzene rings is 2. The molecule has 0 bridgehead atoms. The van der Waals surface area contributed by atoms with Crippen molar-refractivity contribution in [1.29, 1.82) is 0 Å². The highest BCUT2D eigenvalue weighted by molar-refractivity contribution is 5.43. The van der Waals surface area contributed by atoms with Crippen LogP contribution in [0, 0.1) is 6.92 Å². The summed E-state index contributed by atoms with van der Waals surface area (Å²) in [7, 11) is 3.32. The van der Waals surface area contributed by atoms with Gasteiger partial charge >= 0.3 is 0 Å². The summed E-state index contributed by atoms with van der Waals surface area (Å²) in [6, 6.07) is 13.0. The van der Waals surface area contributed by atoms with Gasteiger partial charge in [-0.15, -0.1) is 0 Å². The summed E-state index contributed by atoms with van der Waals surface area (Å²) < 4.78 is 10.7. The minimum absolute atomic E-state index is 0.276. The Morgan fingerprint density at radius 3 is 2.57 bits per heavy atom. The molecule has 1 atom stereocenters. The van der Waals surface area contributed by atoms with Crippen LogP contribution in [0.5, 0.6) is 11.5 Å². The third kappa shape index (κ3) is 3.05. The fourth-order valence-electron chi connectivity index (χ4n) is 3.35. The van der Waals surface area contributed by atoms with Crippen molar-refractivity contribution >= 4 is 0 Å². The van der Waals surface area contributed by atoms with Gasteiger partial charge in [-0.3, -0.25) is 4.90 Å². The van der Waals surface area contributed by atoms with Crippen LogP contribution in [-0.2, 0) is 13.1 Å². The number of fused-ring (bicyclic) bond motifs is 1. The number of rotatable bonds is 5. The predicted octanol–water partition coefficient (Wildman–Crippen LogP) is 3.03. The van der Waals surface area contributed by atoms with E-state index in [9.17, 15) is 0 Å². The molecule has 0 radical (unpaired) electrons. The monoisotopic (exact) mass is 312 g/mol. The van der Waals surface area contributed by atoms with Gasteiger partial charge < -0.3 is 15.2 Å². The van der Waals surface area contributed by atoms with Crippen LogP contribution in [0.1, 0.15) is 28.3 Å². The predicted molar refractivity (Wildman–Crippen MR) is 91.8 cm³/mol. The van der Waals surface area contributed by atoms with Gasteiger partial charge in [0.1, 0.15) is 0 Å². The van der Waals surface area contributed by atoms with Gasteiger partial charge in [0.05, 0.1) is 14.2 Å². The highest BCUT2D eigenvalue weighted by Crippen LogP contribution is 2.36. The Balaban J connectivity index is 1.84. The van der Waals surface area contributed by atoms with Crippen molar-refractivity contribution < 1.29 is 9.47 Å². The molecular weight excluding hydrogens is 288 g/mol. The number of nitrogens with two attached hydrogens (primary N) is 1. The van der Waals surface area contributed by atoms with E-state index in [4.69, 9.17) is 15.2 Å². The zero-order valence-corrected chi connectivity index (χ0v) is 14.0. The van der Waals surface area contributed by atoms with Gasteiger partial charge in [0.25, 0.3) is 0 Å². The van der Waals surface area contributed by atoms with E-state index in [1.54, 1.807) is 14.2 Å². The van der Waals surface area contributed by atoms with E-state index in [0.717, 1.165) is 24.6 Å². The first kappa shape index (κ1) is 15.8. The Morgan fingerprint density at radius 1 is 1.09 bits per heavy atom. The van der Waals surface area contributed by atoms with E-state index >= 15 is 0 Å². The Morgan fingerprint density at radius 2 is 1.87 bits per heavy atom. The maximum absolute atomic E-state index is 6.06. The van der Waals surface area contributed by atoms with Crippen molar-refractivity contribution in [2.75, 3.05) is 20.8 Å². The van der Waals surface area contributed by atoms with Crippen LogP contribution in [0.15, 0.2) is 36.4 Å². The number of hydrogen-bond donors (Lipinski definition) is 1. The van der Waals surface area contributed by atoms with Crippen molar-refractivity contribution in [3.8, 4) is 11.5 Å². The summed E-state index contributed by atoms with van der Waals surface area (Å²) in [5.74, 6) is 1.52. The number of nitrogens with zero attached hydrogens (tertiary/aromatic N) is 1. The molecule has 1 aliphatic rings. The van der Waals surface area contributed by atoms with Gasteiger partial charge in [0.15, 0.2) is 11.5 Å². The molecule has 0 spiro atoms. The molecule has 2 N–H and O–H groups in total. The first-order chi connectivity index (χ1) is 11.2. The third-order valence-corrected chi connectivity index (χ3v) is 4.53. The topological polar surface area (TPSA) is 47.7 Å². The molecule has 4 nitrogen and oxygen atoms in total. The second-order valence-electron chi connectivity index (χ2n) is 6.05. The van der Waals surface area contributed by atoms with Gasteiger partial charge in [-0.05, 0) is 35.7 Å². The largest absolute Gasteiger partial charge is 0.493 e. The normalized spacial score (nSPS) is 17.1. The lowest BCUT2D eigenvalue weighted by atomic mass is 10.0. The molecule has 0 saturated carbocycles. The smallest absolute Gasteiger partial charge is 0.161 e. The summed E-state index contributed by atoms with van der Waals surface area (Å²) in [5, 5.41) is 0. The molecule has 0 fully saturated rings. The second-order valence-corrected chi connectivity index (χ2v) is 6.05. The van der Waals surface area contributed by atoms with E-state index in [2.05, 4.69) is 36.1 Å². The fraction of sp³-hybridized carbons (Fsp3) is 0.368. The van der Waals surface area contributed by atoms with Gasteiger partial charge in [-0.25, -0.2) is 0 Å². The van der Waals surface area contributed by atoms with Gasteiger partial charge in [0, 0.05) is 25.7 Å². The van der Waals surface area contributed by atoms with Crippen LogP contribution in [0.3, 0.4) is 0 Å². The molecule has 122 valence electrons. The Labute approximate surface area is 137 Å². The highest BCUT2D eigenvalue weighted by Gasteiger charge is 2.29. The molecule has 1 heterocycles. The molecule has 23 heavy (non-hydrogen) atoms. The average Bonchev–Trinajstić information content (AvgIpc) is 2.90. The first-order valence-corrected chi connectivity index (χ1v) is 7.90. The van der Waals surface area contributed by atoms with Crippen LogP contribution in [0.4, 0.5) is 0 Å². The lowest BCUT2D eigenvalue weighted by molar-refractivity contribution is 0.210. The lowest BCUT2D eigenvalue weighted by Crippen LogP contribution is -2.27. The second kappa shape index (κ2) is 6.60. The highest BCUT2D eigenvalue weighted by atomic mass is 16.5. The number of methoxy groups -OCH3 is 2. The van der Waals surface area contributed by atoms with E-state index < -0.39 is 0 Å². The van der Waals surface area contributed by atoms with Crippen molar-refractivity contribution in [2.24, 2.45) is 5.73 Å².